The normalized spacial score (nSPS) is 10.6. The second-order valence-corrected chi connectivity index (χ2v) is 4.48. The zero-order valence-corrected chi connectivity index (χ0v) is 11.2. The van der Waals surface area contributed by atoms with Crippen LogP contribution in [-0.4, -0.2) is 24.8 Å². The van der Waals surface area contributed by atoms with Gasteiger partial charge in [0.15, 0.2) is 0 Å². The lowest BCUT2D eigenvalue weighted by atomic mass is 10.1. The van der Waals surface area contributed by atoms with E-state index in [-0.39, 0.29) is 12.6 Å². The van der Waals surface area contributed by atoms with Gasteiger partial charge in [-0.3, -0.25) is 0 Å². The third-order valence-electron chi connectivity index (χ3n) is 1.88. The molecule has 0 saturated heterocycles. The molecule has 3 nitrogen and oxygen atoms in total. The number of carbonyl (C=O) groups is 1. The second-order valence-electron chi connectivity index (χ2n) is 4.48. The number of carbonyl (C=O) groups excluding carboxylic acids is 1. The smallest absolute Gasteiger partial charge is 0.337 e. The van der Waals surface area contributed by atoms with E-state index in [1.807, 2.05) is 27.7 Å². The minimum absolute atomic E-state index is 0.207. The number of allylic oxidation sites excluding steroid dienone is 3. The maximum absolute atomic E-state index is 12.0. The van der Waals surface area contributed by atoms with Gasteiger partial charge in [-0.05, 0) is 33.3 Å². The van der Waals surface area contributed by atoms with E-state index >= 15 is 0 Å². The Balaban J connectivity index is 5.05. The van der Waals surface area contributed by atoms with Gasteiger partial charge in [0, 0.05) is 6.61 Å². The first-order valence-electron chi connectivity index (χ1n) is 5.64. The number of rotatable bonds is 6. The molecule has 0 bridgehead atoms. The predicted octanol–water partition coefficient (Wildman–Crippen LogP) is 3.03. The van der Waals surface area contributed by atoms with Crippen LogP contribution in [0, 0.1) is 0 Å². The summed E-state index contributed by atoms with van der Waals surface area (Å²) in [4.78, 5) is 12.0. The van der Waals surface area contributed by atoms with Gasteiger partial charge in [0.1, 0.15) is 5.60 Å². The van der Waals surface area contributed by atoms with Crippen molar-refractivity contribution < 1.29 is 14.3 Å². The van der Waals surface area contributed by atoms with E-state index in [4.69, 9.17) is 9.47 Å². The van der Waals surface area contributed by atoms with E-state index in [1.54, 1.807) is 12.2 Å². The lowest BCUT2D eigenvalue weighted by molar-refractivity contribution is -0.150. The molecule has 0 spiro atoms. The standard InChI is InChI=1S/C14H22O3/c1-7-11(8-2)12(10-16-9-3)13(15)17-14(4,5)6/h7-8H,1-2,9-10H2,3-6H3. The van der Waals surface area contributed by atoms with Gasteiger partial charge in [-0.2, -0.15) is 0 Å². The monoisotopic (exact) mass is 238 g/mol. The number of hydrogen-bond donors (Lipinski definition) is 0. The maximum Gasteiger partial charge on any atom is 0.337 e. The fraction of sp³-hybridized carbons (Fsp3) is 0.500. The average Bonchev–Trinajstić information content (AvgIpc) is 2.21. The molecule has 0 radical (unpaired) electrons. The molecule has 0 saturated carbocycles. The summed E-state index contributed by atoms with van der Waals surface area (Å²) in [5.41, 5.74) is 0.571. The highest BCUT2D eigenvalue weighted by molar-refractivity contribution is 5.91. The van der Waals surface area contributed by atoms with Crippen LogP contribution in [0.2, 0.25) is 0 Å². The van der Waals surface area contributed by atoms with Crippen molar-refractivity contribution in [1.82, 2.24) is 0 Å². The molecular formula is C14H22O3. The quantitative estimate of drug-likeness (QED) is 0.405. The molecule has 0 atom stereocenters. The first-order valence-corrected chi connectivity index (χ1v) is 5.64. The van der Waals surface area contributed by atoms with E-state index in [1.165, 1.54) is 0 Å². The topological polar surface area (TPSA) is 35.5 Å². The molecule has 96 valence electrons. The molecule has 0 fully saturated rings. The Morgan fingerprint density at radius 2 is 1.76 bits per heavy atom. The predicted molar refractivity (Wildman–Crippen MR) is 69.8 cm³/mol. The largest absolute Gasteiger partial charge is 0.457 e. The molecular weight excluding hydrogens is 216 g/mol. The van der Waals surface area contributed by atoms with Crippen molar-refractivity contribution in [3.63, 3.8) is 0 Å². The van der Waals surface area contributed by atoms with Crippen molar-refractivity contribution >= 4 is 5.97 Å². The van der Waals surface area contributed by atoms with Gasteiger partial charge in [0.05, 0.1) is 12.2 Å². The van der Waals surface area contributed by atoms with E-state index in [0.717, 1.165) is 0 Å². The van der Waals surface area contributed by atoms with E-state index < -0.39 is 5.60 Å². The van der Waals surface area contributed by atoms with Gasteiger partial charge in [0.2, 0.25) is 0 Å². The minimum Gasteiger partial charge on any atom is -0.457 e. The molecule has 0 rings (SSSR count). The lowest BCUT2D eigenvalue weighted by Gasteiger charge is -2.21. The number of hydrogen-bond acceptors (Lipinski definition) is 3. The van der Waals surface area contributed by atoms with Gasteiger partial charge < -0.3 is 9.47 Å². The highest BCUT2D eigenvalue weighted by Crippen LogP contribution is 2.15. The Morgan fingerprint density at radius 1 is 1.24 bits per heavy atom. The summed E-state index contributed by atoms with van der Waals surface area (Å²) in [6.07, 6.45) is 3.15. The van der Waals surface area contributed by atoms with Gasteiger partial charge in [-0.15, -0.1) is 0 Å². The van der Waals surface area contributed by atoms with Crippen LogP contribution < -0.4 is 0 Å². The second kappa shape index (κ2) is 7.07. The van der Waals surface area contributed by atoms with Crippen LogP contribution in [0.3, 0.4) is 0 Å². The summed E-state index contributed by atoms with van der Waals surface area (Å²) in [6, 6.07) is 0. The highest BCUT2D eigenvalue weighted by Gasteiger charge is 2.21. The van der Waals surface area contributed by atoms with E-state index in [2.05, 4.69) is 13.2 Å². The molecule has 0 amide bonds. The summed E-state index contributed by atoms with van der Waals surface area (Å²) in [5, 5.41) is 0. The molecule has 0 N–H and O–H groups in total. The maximum atomic E-state index is 12.0. The van der Waals surface area contributed by atoms with Crippen LogP contribution in [0.15, 0.2) is 36.5 Å². The Morgan fingerprint density at radius 3 is 2.12 bits per heavy atom. The van der Waals surface area contributed by atoms with Crippen molar-refractivity contribution in [3.05, 3.63) is 36.5 Å². The van der Waals surface area contributed by atoms with Gasteiger partial charge in [-0.25, -0.2) is 4.79 Å². The van der Waals surface area contributed by atoms with Crippen LogP contribution in [0.25, 0.3) is 0 Å². The molecule has 0 aliphatic rings. The Bertz CT molecular complexity index is 309. The third-order valence-corrected chi connectivity index (χ3v) is 1.88. The van der Waals surface area contributed by atoms with E-state index in [9.17, 15) is 4.79 Å². The zero-order chi connectivity index (χ0) is 13.5. The van der Waals surface area contributed by atoms with Gasteiger partial charge in [-0.1, -0.05) is 25.3 Å². The van der Waals surface area contributed by atoms with Crippen LogP contribution in [-0.2, 0) is 14.3 Å². The third kappa shape index (κ3) is 6.07. The summed E-state index contributed by atoms with van der Waals surface area (Å²) >= 11 is 0. The fourth-order valence-corrected chi connectivity index (χ4v) is 1.13. The molecule has 0 aromatic rings. The number of ether oxygens (including phenoxy) is 2. The molecule has 3 heteroatoms. The van der Waals surface area contributed by atoms with Crippen molar-refractivity contribution in [3.8, 4) is 0 Å². The van der Waals surface area contributed by atoms with Crippen LogP contribution >= 0.6 is 0 Å². The molecule has 0 aliphatic carbocycles. The summed E-state index contributed by atoms with van der Waals surface area (Å²) < 4.78 is 10.6. The fourth-order valence-electron chi connectivity index (χ4n) is 1.13. The number of esters is 1. The van der Waals surface area contributed by atoms with Crippen LogP contribution in [0.1, 0.15) is 27.7 Å². The van der Waals surface area contributed by atoms with Crippen molar-refractivity contribution in [2.24, 2.45) is 0 Å². The van der Waals surface area contributed by atoms with Gasteiger partial charge in [0.25, 0.3) is 0 Å². The molecule has 0 heterocycles. The van der Waals surface area contributed by atoms with Crippen LogP contribution in [0.5, 0.6) is 0 Å². The van der Waals surface area contributed by atoms with Gasteiger partial charge >= 0.3 is 5.97 Å². The van der Waals surface area contributed by atoms with Crippen molar-refractivity contribution in [2.75, 3.05) is 13.2 Å². The lowest BCUT2D eigenvalue weighted by Crippen LogP contribution is -2.26. The zero-order valence-electron chi connectivity index (χ0n) is 11.2. The molecule has 17 heavy (non-hydrogen) atoms. The minimum atomic E-state index is -0.526. The Labute approximate surface area is 104 Å². The van der Waals surface area contributed by atoms with Crippen molar-refractivity contribution in [1.29, 1.82) is 0 Å². The molecule has 0 aromatic carbocycles. The molecule has 0 aliphatic heterocycles. The SMILES string of the molecule is C=CC(C=C)=C(COCC)C(=O)OC(C)(C)C. The Hall–Kier alpha value is -1.35. The average molecular weight is 238 g/mol. The summed E-state index contributed by atoms with van der Waals surface area (Å²) in [6.45, 7) is 15.4. The van der Waals surface area contributed by atoms with Crippen LogP contribution in [0.4, 0.5) is 0 Å². The highest BCUT2D eigenvalue weighted by atomic mass is 16.6. The summed E-state index contributed by atoms with van der Waals surface area (Å²) in [7, 11) is 0. The van der Waals surface area contributed by atoms with E-state index in [0.29, 0.717) is 17.8 Å². The molecule has 0 unspecified atom stereocenters. The summed E-state index contributed by atoms with van der Waals surface area (Å²) in [5.74, 6) is -0.388. The van der Waals surface area contributed by atoms with Crippen molar-refractivity contribution in [2.45, 2.75) is 33.3 Å². The molecule has 0 aromatic heterocycles. The Kier molecular flexibility index (Phi) is 6.51. The first-order chi connectivity index (χ1) is 7.85. The first kappa shape index (κ1) is 15.7.